The molecule has 0 radical (unpaired) electrons. The number of carbonyl (C=O) groups excluding carboxylic acids is 1. The number of aliphatic hydroxyl groups excluding tert-OH is 1. The Kier molecular flexibility index (Phi) is 7.31. The lowest BCUT2D eigenvalue weighted by Gasteiger charge is -2.21. The summed E-state index contributed by atoms with van der Waals surface area (Å²) in [7, 11) is 1.59. The highest BCUT2D eigenvalue weighted by Gasteiger charge is 2.19. The zero-order chi connectivity index (χ0) is 21.3. The second kappa shape index (κ2) is 10.1. The van der Waals surface area contributed by atoms with E-state index in [1.54, 1.807) is 7.11 Å². The summed E-state index contributed by atoms with van der Waals surface area (Å²) in [4.78, 5) is 12.1. The van der Waals surface area contributed by atoms with Crippen LogP contribution in [0.15, 0.2) is 48.5 Å². The second-order valence-corrected chi connectivity index (χ2v) is 7.67. The van der Waals surface area contributed by atoms with Crippen LogP contribution >= 0.6 is 0 Å². The molecule has 0 saturated carbocycles. The van der Waals surface area contributed by atoms with E-state index in [9.17, 15) is 4.79 Å². The van der Waals surface area contributed by atoms with Crippen LogP contribution in [0.4, 0.5) is 0 Å². The first-order valence-electron chi connectivity index (χ1n) is 9.88. The van der Waals surface area contributed by atoms with Gasteiger partial charge in [0.25, 0.3) is 0 Å². The van der Waals surface area contributed by atoms with Gasteiger partial charge in [-0.15, -0.1) is 0 Å². The van der Waals surface area contributed by atoms with E-state index in [4.69, 9.17) is 15.6 Å². The van der Waals surface area contributed by atoms with Crippen molar-refractivity contribution < 1.29 is 24.1 Å². The maximum absolute atomic E-state index is 12.1. The Morgan fingerprint density at radius 2 is 1.89 bits per heavy atom. The highest BCUT2D eigenvalue weighted by atomic mass is 16.6. The molecule has 0 saturated heterocycles. The fourth-order valence-electron chi connectivity index (χ4n) is 2.83. The fourth-order valence-corrected chi connectivity index (χ4v) is 2.83. The predicted molar refractivity (Wildman–Crippen MR) is 109 cm³/mol. The molecule has 2 aromatic rings. The van der Waals surface area contributed by atoms with Crippen molar-refractivity contribution in [3.05, 3.63) is 59.7 Å². The minimum Gasteiger partial charge on any atom is -0.493 e. The van der Waals surface area contributed by atoms with Crippen molar-refractivity contribution in [2.24, 2.45) is 0 Å². The molecule has 5 heteroatoms. The van der Waals surface area contributed by atoms with Gasteiger partial charge in [0.15, 0.2) is 11.5 Å². The van der Waals surface area contributed by atoms with Gasteiger partial charge in [0.1, 0.15) is 12.2 Å². The molecule has 1 atom stereocenters. The molecule has 152 valence electrons. The number of rotatable bonds is 10. The summed E-state index contributed by atoms with van der Waals surface area (Å²) in [5, 5.41) is 4.64. The average molecular weight is 388 g/mol. The topological polar surface area (TPSA) is 65.0 Å². The molecule has 0 heterocycles. The van der Waals surface area contributed by atoms with Crippen LogP contribution in [-0.2, 0) is 16.1 Å². The van der Waals surface area contributed by atoms with E-state index in [0.717, 1.165) is 11.1 Å². The lowest BCUT2D eigenvalue weighted by molar-refractivity contribution is -0.155. The highest BCUT2D eigenvalue weighted by Crippen LogP contribution is 2.33. The lowest BCUT2D eigenvalue weighted by Crippen LogP contribution is -2.24. The van der Waals surface area contributed by atoms with Crippen LogP contribution in [0.3, 0.4) is 0 Å². The summed E-state index contributed by atoms with van der Waals surface area (Å²) >= 11 is 0. The molecule has 0 aromatic heterocycles. The number of aliphatic hydroxyl groups is 1. The SMILES string of the molecule is [3H]OC[C@@H](CCC(=O)OC(C)(C)C)c1ccc(OC)c(OCc2ccccc2)c1. The highest BCUT2D eigenvalue weighted by molar-refractivity contribution is 5.69. The van der Waals surface area contributed by atoms with E-state index in [1.165, 1.54) is 0 Å². The first-order chi connectivity index (χ1) is 13.8. The standard InChI is InChI=1S/C23H30O5/c1-23(2,3)28-22(25)13-11-19(15-24)18-10-12-20(26-4)21(14-18)27-16-17-8-6-5-7-9-17/h5-10,12,14,19,24H,11,13,15-16H2,1-4H3/t19-/m1/s1/i24T. The molecule has 0 aliphatic heterocycles. The summed E-state index contributed by atoms with van der Waals surface area (Å²) in [6.07, 6.45) is 0.760. The average Bonchev–Trinajstić information content (AvgIpc) is 2.69. The van der Waals surface area contributed by atoms with Crippen molar-refractivity contribution in [3.8, 4) is 11.5 Å². The third-order valence-electron chi connectivity index (χ3n) is 4.21. The molecule has 0 spiro atoms. The minimum absolute atomic E-state index is 0.134. The first-order valence-corrected chi connectivity index (χ1v) is 9.47. The van der Waals surface area contributed by atoms with E-state index >= 15 is 0 Å². The first kappa shape index (κ1) is 20.2. The van der Waals surface area contributed by atoms with E-state index in [1.807, 2.05) is 69.3 Å². The molecule has 0 bridgehead atoms. The van der Waals surface area contributed by atoms with Crippen molar-refractivity contribution in [1.82, 2.24) is 0 Å². The summed E-state index contributed by atoms with van der Waals surface area (Å²) < 4.78 is 23.9. The smallest absolute Gasteiger partial charge is 0.306 e. The van der Waals surface area contributed by atoms with Gasteiger partial charge in [0, 0.05) is 18.9 Å². The molecule has 0 unspecified atom stereocenters. The molecule has 28 heavy (non-hydrogen) atoms. The molecule has 0 fully saturated rings. The van der Waals surface area contributed by atoms with Crippen LogP contribution in [-0.4, -0.2) is 31.8 Å². The van der Waals surface area contributed by atoms with Gasteiger partial charge >= 0.3 is 5.97 Å². The zero-order valence-corrected chi connectivity index (χ0v) is 17.1. The largest absolute Gasteiger partial charge is 0.493 e. The van der Waals surface area contributed by atoms with E-state index < -0.39 is 5.60 Å². The number of hydrogen-bond acceptors (Lipinski definition) is 5. The fraction of sp³-hybridized carbons (Fsp3) is 0.435. The quantitative estimate of drug-likeness (QED) is 0.608. The van der Waals surface area contributed by atoms with Gasteiger partial charge in [-0.1, -0.05) is 36.4 Å². The van der Waals surface area contributed by atoms with Crippen molar-refractivity contribution in [2.75, 3.05) is 13.7 Å². The summed E-state index contributed by atoms with van der Waals surface area (Å²) in [6.45, 7) is 6.12. The molecule has 1 N–H and O–H groups in total. The monoisotopic (exact) mass is 388 g/mol. The van der Waals surface area contributed by atoms with Crippen molar-refractivity contribution in [1.29, 1.82) is 1.43 Å². The van der Waals surface area contributed by atoms with Gasteiger partial charge in [-0.05, 0) is 50.5 Å². The third kappa shape index (κ3) is 6.89. The molecular formula is C23H30O5. The molecule has 0 amide bonds. The molecule has 2 rings (SSSR count). The number of esters is 1. The van der Waals surface area contributed by atoms with Crippen LogP contribution in [0.25, 0.3) is 0 Å². The van der Waals surface area contributed by atoms with E-state index in [2.05, 4.69) is 5.11 Å². The predicted octanol–water partition coefficient (Wildman–Crippen LogP) is 4.47. The molecule has 5 nitrogen and oxygen atoms in total. The van der Waals surface area contributed by atoms with Crippen LogP contribution in [0.5, 0.6) is 11.5 Å². The van der Waals surface area contributed by atoms with Crippen LogP contribution in [0.2, 0.25) is 0 Å². The van der Waals surface area contributed by atoms with Gasteiger partial charge in [-0.3, -0.25) is 4.79 Å². The maximum atomic E-state index is 12.1. The van der Waals surface area contributed by atoms with Gasteiger partial charge in [0.2, 0.25) is 1.43 Å². The van der Waals surface area contributed by atoms with Gasteiger partial charge < -0.3 is 19.3 Å². The lowest BCUT2D eigenvalue weighted by atomic mass is 9.94. The Balaban J connectivity index is 2.11. The number of hydrogen-bond donors (Lipinski definition) is 1. The third-order valence-corrected chi connectivity index (χ3v) is 4.21. The summed E-state index contributed by atoms with van der Waals surface area (Å²) in [6, 6.07) is 15.5. The maximum Gasteiger partial charge on any atom is 0.306 e. The summed E-state index contributed by atoms with van der Waals surface area (Å²) in [5.41, 5.74) is 1.46. The van der Waals surface area contributed by atoms with Gasteiger partial charge in [-0.2, -0.15) is 0 Å². The van der Waals surface area contributed by atoms with Crippen LogP contribution in [0.1, 0.15) is 50.7 Å². The second-order valence-electron chi connectivity index (χ2n) is 7.67. The normalized spacial score (nSPS) is 12.8. The van der Waals surface area contributed by atoms with Crippen molar-refractivity contribution in [2.45, 2.75) is 51.7 Å². The van der Waals surface area contributed by atoms with Gasteiger partial charge in [0.05, 0.1) is 7.11 Å². The Morgan fingerprint density at radius 3 is 2.54 bits per heavy atom. The molecule has 0 aliphatic carbocycles. The van der Waals surface area contributed by atoms with E-state index in [0.29, 0.717) is 24.5 Å². The minimum atomic E-state index is -0.517. The number of methoxy groups -OCH3 is 1. The van der Waals surface area contributed by atoms with Crippen LogP contribution in [0, 0.1) is 0 Å². The van der Waals surface area contributed by atoms with E-state index in [-0.39, 0.29) is 24.9 Å². The molecular weight excluding hydrogens is 356 g/mol. The number of carbonyl (C=O) groups is 1. The van der Waals surface area contributed by atoms with Crippen molar-refractivity contribution in [3.63, 3.8) is 0 Å². The van der Waals surface area contributed by atoms with Gasteiger partial charge in [-0.25, -0.2) is 0 Å². The Labute approximate surface area is 168 Å². The van der Waals surface area contributed by atoms with Crippen molar-refractivity contribution >= 4 is 5.97 Å². The number of ether oxygens (including phenoxy) is 3. The molecule has 2 aromatic carbocycles. The zero-order valence-electron chi connectivity index (χ0n) is 18.1. The van der Waals surface area contributed by atoms with Crippen LogP contribution < -0.4 is 9.47 Å². The Hall–Kier alpha value is -2.53. The Morgan fingerprint density at radius 1 is 1.14 bits per heavy atom. The summed E-state index contributed by atoms with van der Waals surface area (Å²) in [5.74, 6) is 0.843. The Bertz CT molecular complexity index is 771. The number of benzene rings is 2. The molecule has 0 aliphatic rings.